The minimum atomic E-state index is 0.937. The van der Waals surface area contributed by atoms with Crippen molar-refractivity contribution in [2.45, 2.75) is 39.8 Å². The Kier molecular flexibility index (Phi) is 4.08. The Morgan fingerprint density at radius 2 is 2.15 bits per heavy atom. The van der Waals surface area contributed by atoms with Gasteiger partial charge in [0.2, 0.25) is 0 Å². The Hall–Kier alpha value is -1.32. The monoisotopic (exact) mass is 286 g/mol. The first-order valence-corrected chi connectivity index (χ1v) is 8.17. The maximum atomic E-state index is 3.58. The van der Waals surface area contributed by atoms with Gasteiger partial charge in [-0.05, 0) is 49.4 Å². The summed E-state index contributed by atoms with van der Waals surface area (Å²) in [6, 6.07) is 8.96. The summed E-state index contributed by atoms with van der Waals surface area (Å²) >= 11 is 1.90. The highest BCUT2D eigenvalue weighted by atomic mass is 32.1. The molecular weight excluding hydrogens is 264 g/mol. The van der Waals surface area contributed by atoms with Crippen LogP contribution in [-0.4, -0.2) is 6.54 Å². The maximum absolute atomic E-state index is 3.58. The molecule has 0 spiro atoms. The Morgan fingerprint density at radius 1 is 1.25 bits per heavy atom. The van der Waals surface area contributed by atoms with E-state index in [9.17, 15) is 0 Å². The molecule has 1 aromatic carbocycles. The molecule has 0 saturated carbocycles. The van der Waals surface area contributed by atoms with Gasteiger partial charge in [-0.3, -0.25) is 0 Å². The van der Waals surface area contributed by atoms with Gasteiger partial charge in [-0.2, -0.15) is 0 Å². The molecule has 1 aliphatic rings. The summed E-state index contributed by atoms with van der Waals surface area (Å²) in [7, 11) is 0. The second kappa shape index (κ2) is 5.98. The fourth-order valence-corrected chi connectivity index (χ4v) is 3.81. The van der Waals surface area contributed by atoms with Crippen LogP contribution in [0.25, 0.3) is 0 Å². The Bertz CT molecular complexity index is 582. The summed E-state index contributed by atoms with van der Waals surface area (Å²) in [5.74, 6) is 0. The number of para-hydroxylation sites is 1. The van der Waals surface area contributed by atoms with Crippen molar-refractivity contribution in [2.24, 2.45) is 0 Å². The molecule has 2 heterocycles. The molecule has 20 heavy (non-hydrogen) atoms. The van der Waals surface area contributed by atoms with Crippen LogP contribution in [0.5, 0.6) is 0 Å². The van der Waals surface area contributed by atoms with Gasteiger partial charge >= 0.3 is 0 Å². The maximum Gasteiger partial charge on any atom is 0.0418 e. The number of rotatable bonds is 4. The van der Waals surface area contributed by atoms with Crippen molar-refractivity contribution in [3.05, 3.63) is 50.7 Å². The van der Waals surface area contributed by atoms with Crippen molar-refractivity contribution < 1.29 is 0 Å². The fraction of sp³-hybridized carbons (Fsp3) is 0.412. The number of aryl methyl sites for hydroxylation is 3. The predicted octanol–water partition coefficient (Wildman–Crippen LogP) is 4.01. The zero-order valence-electron chi connectivity index (χ0n) is 12.3. The van der Waals surface area contributed by atoms with Gasteiger partial charge in [-0.15, -0.1) is 11.3 Å². The van der Waals surface area contributed by atoms with Crippen LogP contribution in [0.15, 0.2) is 24.3 Å². The Morgan fingerprint density at radius 3 is 2.95 bits per heavy atom. The van der Waals surface area contributed by atoms with E-state index in [1.807, 2.05) is 11.3 Å². The van der Waals surface area contributed by atoms with Gasteiger partial charge in [0.15, 0.2) is 0 Å². The van der Waals surface area contributed by atoms with Crippen molar-refractivity contribution in [1.29, 1.82) is 0 Å². The highest BCUT2D eigenvalue weighted by molar-refractivity contribution is 7.12. The second-order valence-electron chi connectivity index (χ2n) is 5.54. The summed E-state index contributed by atoms with van der Waals surface area (Å²) < 4.78 is 0. The highest BCUT2D eigenvalue weighted by Crippen LogP contribution is 2.26. The first kappa shape index (κ1) is 13.7. The standard InChI is InChI=1S/C17H22N2S/c1-12-9-16(20-13(12)2)11-18-10-15-6-3-5-14-7-4-8-19-17(14)15/h3,5-6,9,18-19H,4,7-8,10-11H2,1-2H3. The van der Waals surface area contributed by atoms with Crippen LogP contribution in [0.2, 0.25) is 0 Å². The lowest BCUT2D eigenvalue weighted by molar-refractivity contribution is 0.697. The molecule has 0 saturated heterocycles. The summed E-state index contributed by atoms with van der Waals surface area (Å²) in [6.07, 6.45) is 2.46. The summed E-state index contributed by atoms with van der Waals surface area (Å²) in [5.41, 5.74) is 5.64. The van der Waals surface area contributed by atoms with E-state index in [1.54, 1.807) is 0 Å². The molecule has 2 N–H and O–H groups in total. The van der Waals surface area contributed by atoms with Crippen molar-refractivity contribution in [3.63, 3.8) is 0 Å². The lowest BCUT2D eigenvalue weighted by Gasteiger charge is -2.21. The van der Waals surface area contributed by atoms with Crippen molar-refractivity contribution in [2.75, 3.05) is 11.9 Å². The summed E-state index contributed by atoms with van der Waals surface area (Å²) in [4.78, 5) is 2.86. The first-order valence-electron chi connectivity index (χ1n) is 7.35. The minimum absolute atomic E-state index is 0.937. The third-order valence-corrected chi connectivity index (χ3v) is 5.15. The van der Waals surface area contributed by atoms with E-state index in [-0.39, 0.29) is 0 Å². The molecule has 0 atom stereocenters. The van der Waals surface area contributed by atoms with Crippen LogP contribution in [0.4, 0.5) is 5.69 Å². The molecule has 0 aliphatic carbocycles. The number of hydrogen-bond donors (Lipinski definition) is 2. The molecule has 3 heteroatoms. The number of benzene rings is 1. The van der Waals surface area contributed by atoms with Crippen molar-refractivity contribution >= 4 is 17.0 Å². The Labute approximate surface area is 125 Å². The van der Waals surface area contributed by atoms with Gasteiger partial charge in [-0.25, -0.2) is 0 Å². The van der Waals surface area contributed by atoms with E-state index in [2.05, 4.69) is 48.7 Å². The topological polar surface area (TPSA) is 24.1 Å². The predicted molar refractivity (Wildman–Crippen MR) is 87.6 cm³/mol. The van der Waals surface area contributed by atoms with Crippen LogP contribution in [0, 0.1) is 13.8 Å². The average molecular weight is 286 g/mol. The molecule has 1 aliphatic heterocycles. The van der Waals surface area contributed by atoms with Crippen molar-refractivity contribution in [1.82, 2.24) is 5.32 Å². The van der Waals surface area contributed by atoms with E-state index in [0.29, 0.717) is 0 Å². The van der Waals surface area contributed by atoms with Gasteiger partial charge in [0.05, 0.1) is 0 Å². The van der Waals surface area contributed by atoms with E-state index >= 15 is 0 Å². The van der Waals surface area contributed by atoms with Gasteiger partial charge in [0.25, 0.3) is 0 Å². The number of fused-ring (bicyclic) bond motifs is 1. The van der Waals surface area contributed by atoms with Crippen LogP contribution >= 0.6 is 11.3 Å². The number of nitrogens with one attached hydrogen (secondary N) is 2. The number of anilines is 1. The molecule has 0 unspecified atom stereocenters. The molecular formula is C17H22N2S. The van der Waals surface area contributed by atoms with Gasteiger partial charge in [0.1, 0.15) is 0 Å². The normalized spacial score (nSPS) is 13.9. The summed E-state index contributed by atoms with van der Waals surface area (Å²) in [6.45, 7) is 7.39. The zero-order valence-corrected chi connectivity index (χ0v) is 13.1. The third-order valence-electron chi connectivity index (χ3n) is 3.99. The molecule has 2 aromatic rings. The van der Waals surface area contributed by atoms with Crippen LogP contribution in [0.1, 0.15) is 32.9 Å². The van der Waals surface area contributed by atoms with Gasteiger partial charge < -0.3 is 10.6 Å². The largest absolute Gasteiger partial charge is 0.385 e. The quantitative estimate of drug-likeness (QED) is 0.887. The first-order chi connectivity index (χ1) is 9.74. The van der Waals surface area contributed by atoms with Gasteiger partial charge in [0, 0.05) is 35.1 Å². The fourth-order valence-electron chi connectivity index (χ4n) is 2.79. The number of thiophene rings is 1. The highest BCUT2D eigenvalue weighted by Gasteiger charge is 2.11. The SMILES string of the molecule is Cc1cc(CNCc2cccc3c2NCCC3)sc1C. The second-order valence-corrected chi connectivity index (χ2v) is 6.88. The van der Waals surface area contributed by atoms with Crippen molar-refractivity contribution in [3.8, 4) is 0 Å². The molecule has 0 amide bonds. The minimum Gasteiger partial charge on any atom is -0.385 e. The molecule has 0 bridgehead atoms. The smallest absolute Gasteiger partial charge is 0.0418 e. The van der Waals surface area contributed by atoms with Crippen LogP contribution in [0.3, 0.4) is 0 Å². The van der Waals surface area contributed by atoms with Gasteiger partial charge in [-0.1, -0.05) is 18.2 Å². The Balaban J connectivity index is 1.64. The van der Waals surface area contributed by atoms with Crippen LogP contribution < -0.4 is 10.6 Å². The van der Waals surface area contributed by atoms with E-state index in [0.717, 1.165) is 19.6 Å². The molecule has 1 aromatic heterocycles. The lowest BCUT2D eigenvalue weighted by Crippen LogP contribution is -2.18. The molecule has 106 valence electrons. The molecule has 3 rings (SSSR count). The third kappa shape index (κ3) is 2.89. The average Bonchev–Trinajstić information content (AvgIpc) is 2.78. The van der Waals surface area contributed by atoms with E-state index in [4.69, 9.17) is 0 Å². The number of hydrogen-bond acceptors (Lipinski definition) is 3. The lowest BCUT2D eigenvalue weighted by atomic mass is 9.99. The molecule has 0 fully saturated rings. The van der Waals surface area contributed by atoms with E-state index < -0.39 is 0 Å². The molecule has 2 nitrogen and oxygen atoms in total. The zero-order chi connectivity index (χ0) is 13.9. The summed E-state index contributed by atoms with van der Waals surface area (Å²) in [5, 5.41) is 7.13. The van der Waals surface area contributed by atoms with E-state index in [1.165, 1.54) is 45.0 Å². The molecule has 0 radical (unpaired) electrons. The van der Waals surface area contributed by atoms with Crippen LogP contribution in [-0.2, 0) is 19.5 Å².